The number of benzene rings is 1. The Kier molecular flexibility index (Phi) is 3.81. The summed E-state index contributed by atoms with van der Waals surface area (Å²) in [4.78, 5) is 24.8. The van der Waals surface area contributed by atoms with Gasteiger partial charge in [-0.15, -0.1) is 0 Å². The van der Waals surface area contributed by atoms with Crippen LogP contribution in [-0.4, -0.2) is 28.1 Å². The number of imide groups is 1. The van der Waals surface area contributed by atoms with Crippen molar-refractivity contribution < 1.29 is 14.3 Å². The van der Waals surface area contributed by atoms with E-state index in [2.05, 4.69) is 0 Å². The lowest BCUT2D eigenvalue weighted by Crippen LogP contribution is -2.31. The highest BCUT2D eigenvalue weighted by atomic mass is 32.2. The molecule has 0 aromatic heterocycles. The predicted molar refractivity (Wildman–Crippen MR) is 65.4 cm³/mol. The minimum Gasteiger partial charge on any atom is -0.357 e. The smallest absolute Gasteiger partial charge is 0.291 e. The molecular formula is C12H13NO3S. The number of nitrogens with zero attached hydrogens (tertiary/aromatic N) is 1. The number of hydrogen-bond acceptors (Lipinski definition) is 4. The summed E-state index contributed by atoms with van der Waals surface area (Å²) in [6.45, 7) is 2.54. The zero-order valence-corrected chi connectivity index (χ0v) is 10.3. The molecule has 4 nitrogen and oxygen atoms in total. The van der Waals surface area contributed by atoms with E-state index < -0.39 is 5.44 Å². The molecule has 1 unspecified atom stereocenters. The van der Waals surface area contributed by atoms with Crippen molar-refractivity contribution in [1.29, 1.82) is 0 Å². The van der Waals surface area contributed by atoms with E-state index in [1.165, 1.54) is 4.90 Å². The monoisotopic (exact) mass is 251 g/mol. The normalized spacial score (nSPS) is 20.1. The Morgan fingerprint density at radius 1 is 1.29 bits per heavy atom. The fourth-order valence-electron chi connectivity index (χ4n) is 1.59. The fourth-order valence-corrected chi connectivity index (χ4v) is 2.49. The van der Waals surface area contributed by atoms with E-state index in [1.807, 2.05) is 30.3 Å². The van der Waals surface area contributed by atoms with Crippen molar-refractivity contribution in [2.24, 2.45) is 0 Å². The number of rotatable bonds is 4. The van der Waals surface area contributed by atoms with Gasteiger partial charge in [-0.2, -0.15) is 0 Å². The second kappa shape index (κ2) is 5.33. The van der Waals surface area contributed by atoms with Gasteiger partial charge >= 0.3 is 0 Å². The standard InChI is InChI=1S/C12H13NO3S/c1-2-16-11-10(14)13(12(15)17-11)8-9-6-4-3-5-7-9/h3-7,11H,2,8H2,1H3. The molecule has 5 heteroatoms. The Morgan fingerprint density at radius 3 is 2.65 bits per heavy atom. The van der Waals surface area contributed by atoms with Crippen molar-refractivity contribution in [3.05, 3.63) is 35.9 Å². The molecule has 0 radical (unpaired) electrons. The Morgan fingerprint density at radius 2 is 2.00 bits per heavy atom. The summed E-state index contributed by atoms with van der Waals surface area (Å²) in [5.74, 6) is -0.259. The van der Waals surface area contributed by atoms with E-state index >= 15 is 0 Å². The molecule has 0 saturated carbocycles. The lowest BCUT2D eigenvalue weighted by molar-refractivity contribution is -0.133. The van der Waals surface area contributed by atoms with Gasteiger partial charge < -0.3 is 4.74 Å². The lowest BCUT2D eigenvalue weighted by Gasteiger charge is -2.13. The van der Waals surface area contributed by atoms with Gasteiger partial charge in [0.05, 0.1) is 6.54 Å². The Labute approximate surface area is 104 Å². The van der Waals surface area contributed by atoms with E-state index in [4.69, 9.17) is 4.74 Å². The molecule has 0 bridgehead atoms. The highest BCUT2D eigenvalue weighted by Crippen LogP contribution is 2.28. The summed E-state index contributed by atoms with van der Waals surface area (Å²) in [6, 6.07) is 9.44. The number of thioether (sulfide) groups is 1. The molecule has 1 aromatic carbocycles. The molecule has 1 aromatic rings. The predicted octanol–water partition coefficient (Wildman–Crippen LogP) is 2.24. The van der Waals surface area contributed by atoms with Gasteiger partial charge in [0, 0.05) is 6.61 Å². The van der Waals surface area contributed by atoms with Crippen LogP contribution in [0.3, 0.4) is 0 Å². The Bertz CT molecular complexity index is 421. The molecule has 1 aliphatic rings. The van der Waals surface area contributed by atoms with Crippen molar-refractivity contribution in [1.82, 2.24) is 4.90 Å². The number of carbonyl (C=O) groups is 2. The molecule has 17 heavy (non-hydrogen) atoms. The molecule has 1 fully saturated rings. The van der Waals surface area contributed by atoms with Crippen molar-refractivity contribution in [3.63, 3.8) is 0 Å². The molecule has 0 spiro atoms. The van der Waals surface area contributed by atoms with Crippen LogP contribution in [0.5, 0.6) is 0 Å². The summed E-state index contributed by atoms with van der Waals surface area (Å²) in [5.41, 5.74) is 0.267. The Hall–Kier alpha value is -1.33. The highest BCUT2D eigenvalue weighted by Gasteiger charge is 2.40. The zero-order chi connectivity index (χ0) is 12.3. The third-order valence-corrected chi connectivity index (χ3v) is 3.37. The molecule has 2 rings (SSSR count). The fraction of sp³-hybridized carbons (Fsp3) is 0.333. The molecule has 90 valence electrons. The van der Waals surface area contributed by atoms with Gasteiger partial charge in [0.2, 0.25) is 0 Å². The minimum absolute atomic E-state index is 0.239. The number of hydrogen-bond donors (Lipinski definition) is 0. The zero-order valence-electron chi connectivity index (χ0n) is 9.46. The van der Waals surface area contributed by atoms with Crippen LogP contribution in [0.2, 0.25) is 0 Å². The SMILES string of the molecule is CCOC1SC(=O)N(Cc2ccccc2)C1=O. The van der Waals surface area contributed by atoms with Crippen LogP contribution in [0.25, 0.3) is 0 Å². The van der Waals surface area contributed by atoms with Crippen LogP contribution in [0, 0.1) is 0 Å². The molecule has 0 aliphatic carbocycles. The third kappa shape index (κ3) is 2.68. The van der Waals surface area contributed by atoms with E-state index in [1.54, 1.807) is 6.92 Å². The Balaban J connectivity index is 2.07. The largest absolute Gasteiger partial charge is 0.357 e. The van der Waals surface area contributed by atoms with Crippen LogP contribution in [0.15, 0.2) is 30.3 Å². The quantitative estimate of drug-likeness (QED) is 0.823. The van der Waals surface area contributed by atoms with E-state index in [0.29, 0.717) is 13.2 Å². The van der Waals surface area contributed by atoms with Crippen molar-refractivity contribution in [2.75, 3.05) is 6.61 Å². The molecular weight excluding hydrogens is 238 g/mol. The number of amides is 2. The maximum atomic E-state index is 11.9. The van der Waals surface area contributed by atoms with Crippen LogP contribution in [-0.2, 0) is 16.1 Å². The summed E-state index contributed by atoms with van der Waals surface area (Å²) in [7, 11) is 0. The second-order valence-corrected chi connectivity index (χ2v) is 4.59. The summed E-state index contributed by atoms with van der Waals surface area (Å²) >= 11 is 0.941. The molecule has 1 saturated heterocycles. The van der Waals surface area contributed by atoms with Crippen LogP contribution >= 0.6 is 11.8 Å². The second-order valence-electron chi connectivity index (χ2n) is 3.58. The van der Waals surface area contributed by atoms with Gasteiger partial charge in [0.1, 0.15) is 0 Å². The lowest BCUT2D eigenvalue weighted by atomic mass is 10.2. The molecule has 1 heterocycles. The van der Waals surface area contributed by atoms with Crippen molar-refractivity contribution in [3.8, 4) is 0 Å². The van der Waals surface area contributed by atoms with Gasteiger partial charge in [-0.3, -0.25) is 14.5 Å². The van der Waals surface area contributed by atoms with Gasteiger partial charge in [-0.05, 0) is 24.2 Å². The molecule has 1 atom stereocenters. The van der Waals surface area contributed by atoms with Gasteiger partial charge in [0.15, 0.2) is 5.44 Å². The number of carbonyl (C=O) groups excluding carboxylic acids is 2. The maximum absolute atomic E-state index is 11.9. The molecule has 1 aliphatic heterocycles. The first kappa shape index (κ1) is 12.1. The molecule has 0 N–H and O–H groups in total. The first-order valence-corrected chi connectivity index (χ1v) is 6.28. The van der Waals surface area contributed by atoms with Crippen molar-refractivity contribution in [2.45, 2.75) is 18.9 Å². The minimum atomic E-state index is -0.670. The van der Waals surface area contributed by atoms with Crippen LogP contribution in [0.4, 0.5) is 4.79 Å². The summed E-state index contributed by atoms with van der Waals surface area (Å²) in [6.07, 6.45) is 0. The van der Waals surface area contributed by atoms with Crippen LogP contribution in [0.1, 0.15) is 12.5 Å². The summed E-state index contributed by atoms with van der Waals surface area (Å²) in [5, 5.41) is -0.239. The average molecular weight is 251 g/mol. The van der Waals surface area contributed by atoms with Gasteiger partial charge in [-0.25, -0.2) is 0 Å². The van der Waals surface area contributed by atoms with E-state index in [-0.39, 0.29) is 11.1 Å². The first-order valence-electron chi connectivity index (χ1n) is 5.40. The molecule has 2 amide bonds. The highest BCUT2D eigenvalue weighted by molar-refractivity contribution is 8.15. The van der Waals surface area contributed by atoms with E-state index in [0.717, 1.165) is 17.3 Å². The van der Waals surface area contributed by atoms with Crippen molar-refractivity contribution >= 4 is 22.9 Å². The number of ether oxygens (including phenoxy) is 1. The van der Waals surface area contributed by atoms with Gasteiger partial charge in [-0.1, -0.05) is 30.3 Å². The maximum Gasteiger partial charge on any atom is 0.291 e. The first-order chi connectivity index (χ1) is 8.22. The third-order valence-electron chi connectivity index (χ3n) is 2.40. The summed E-state index contributed by atoms with van der Waals surface area (Å²) < 4.78 is 5.20. The van der Waals surface area contributed by atoms with Gasteiger partial charge in [0.25, 0.3) is 11.1 Å². The van der Waals surface area contributed by atoms with Crippen LogP contribution < -0.4 is 0 Å². The topological polar surface area (TPSA) is 46.6 Å². The average Bonchev–Trinajstić information content (AvgIpc) is 2.59. The van der Waals surface area contributed by atoms with E-state index in [9.17, 15) is 9.59 Å².